The van der Waals surface area contributed by atoms with E-state index in [1.165, 1.54) is 6.20 Å². The Kier molecular flexibility index (Phi) is 8.71. The van der Waals surface area contributed by atoms with Gasteiger partial charge in [0.2, 0.25) is 15.0 Å². The van der Waals surface area contributed by atoms with Gasteiger partial charge < -0.3 is 19.1 Å². The van der Waals surface area contributed by atoms with Gasteiger partial charge in [0.05, 0.1) is 29.4 Å². The topological polar surface area (TPSA) is 132 Å². The lowest BCUT2D eigenvalue weighted by atomic mass is 9.77. The van der Waals surface area contributed by atoms with Gasteiger partial charge in [-0.1, -0.05) is 37.6 Å². The van der Waals surface area contributed by atoms with Crippen LogP contribution >= 0.6 is 11.6 Å². The van der Waals surface area contributed by atoms with Gasteiger partial charge >= 0.3 is 6.09 Å². The molecule has 3 aromatic rings. The van der Waals surface area contributed by atoms with Crippen LogP contribution in [0.5, 0.6) is 11.5 Å². The maximum absolute atomic E-state index is 12.2. The third-order valence-corrected chi connectivity index (χ3v) is 7.80. The lowest BCUT2D eigenvalue weighted by Gasteiger charge is -2.39. The average molecular weight is 613 g/mol. The summed E-state index contributed by atoms with van der Waals surface area (Å²) in [4.78, 5) is 21.6. The first-order valence-electron chi connectivity index (χ1n) is 13.2. The standard InChI is InChI=1S/C30H33ClN4O6S/c1-29(2,3)41-28(36)35-16-24(17-35)40-26-19(15-32)13-21(14-25(26)31)30(4,5)20-7-9-23(10-8-20)39-18-22-11-12-33-27(34-22)42(6,37)38/h7-14,24H,16-18H2,1-6H3. The minimum atomic E-state index is -3.52. The maximum Gasteiger partial charge on any atom is 0.410 e. The Morgan fingerprint density at radius 2 is 1.76 bits per heavy atom. The van der Waals surface area contributed by atoms with E-state index < -0.39 is 26.9 Å². The van der Waals surface area contributed by atoms with Crippen molar-refractivity contribution in [2.75, 3.05) is 19.3 Å². The highest BCUT2D eigenvalue weighted by molar-refractivity contribution is 7.90. The van der Waals surface area contributed by atoms with Crippen LogP contribution in [0.4, 0.5) is 4.79 Å². The van der Waals surface area contributed by atoms with Crippen LogP contribution in [-0.4, -0.2) is 60.4 Å². The number of sulfone groups is 1. The Morgan fingerprint density at radius 3 is 2.36 bits per heavy atom. The zero-order valence-electron chi connectivity index (χ0n) is 24.3. The van der Waals surface area contributed by atoms with E-state index >= 15 is 0 Å². The van der Waals surface area contributed by atoms with Gasteiger partial charge in [0.15, 0.2) is 5.75 Å². The number of ether oxygens (including phenoxy) is 3. The van der Waals surface area contributed by atoms with Crippen LogP contribution in [0.25, 0.3) is 0 Å². The average Bonchev–Trinajstić information content (AvgIpc) is 2.88. The molecule has 1 aliphatic heterocycles. The molecule has 0 saturated carbocycles. The first-order valence-corrected chi connectivity index (χ1v) is 15.5. The highest BCUT2D eigenvalue weighted by Crippen LogP contribution is 2.39. The fourth-order valence-corrected chi connectivity index (χ4v) is 5.04. The molecule has 2 heterocycles. The minimum Gasteiger partial charge on any atom is -0.487 e. The number of benzene rings is 2. The fraction of sp³-hybridized carbons (Fsp3) is 0.400. The molecule has 12 heteroatoms. The van der Waals surface area contributed by atoms with Crippen LogP contribution in [0.2, 0.25) is 5.02 Å². The van der Waals surface area contributed by atoms with Crippen molar-refractivity contribution in [3.8, 4) is 17.6 Å². The number of carbonyl (C=O) groups excluding carboxylic acids is 1. The van der Waals surface area contributed by atoms with Crippen LogP contribution in [0.1, 0.15) is 57.0 Å². The highest BCUT2D eigenvalue weighted by atomic mass is 35.5. The largest absolute Gasteiger partial charge is 0.487 e. The Hall–Kier alpha value is -3.88. The van der Waals surface area contributed by atoms with Crippen LogP contribution in [0.3, 0.4) is 0 Å². The number of likely N-dealkylation sites (tertiary alicyclic amines) is 1. The fourth-order valence-electron chi connectivity index (χ4n) is 4.24. The lowest BCUT2D eigenvalue weighted by molar-refractivity contribution is -0.0221. The predicted molar refractivity (Wildman–Crippen MR) is 156 cm³/mol. The Labute approximate surface area is 251 Å². The Bertz CT molecular complexity index is 1620. The van der Waals surface area contributed by atoms with Gasteiger partial charge in [0.1, 0.15) is 30.1 Å². The second-order valence-electron chi connectivity index (χ2n) is 11.6. The SMILES string of the molecule is CC(C)(C)OC(=O)N1CC(Oc2c(Cl)cc(C(C)(C)c3ccc(OCc4ccnc(S(C)(=O)=O)n4)cc3)cc2C#N)C1. The maximum atomic E-state index is 12.2. The number of halogens is 1. The molecule has 2 aromatic carbocycles. The van der Waals surface area contributed by atoms with E-state index in [0.717, 1.165) is 17.4 Å². The van der Waals surface area contributed by atoms with E-state index in [1.54, 1.807) is 23.1 Å². The zero-order valence-corrected chi connectivity index (χ0v) is 25.9. The lowest BCUT2D eigenvalue weighted by Crippen LogP contribution is -2.57. The molecule has 0 spiro atoms. The monoisotopic (exact) mass is 612 g/mol. The molecular weight excluding hydrogens is 580 g/mol. The van der Waals surface area contributed by atoms with E-state index in [0.29, 0.717) is 40.9 Å². The van der Waals surface area contributed by atoms with Crippen molar-refractivity contribution < 1.29 is 27.4 Å². The number of carbonyl (C=O) groups is 1. The highest BCUT2D eigenvalue weighted by Gasteiger charge is 2.36. The van der Waals surface area contributed by atoms with Crippen LogP contribution in [-0.2, 0) is 26.6 Å². The van der Waals surface area contributed by atoms with E-state index in [4.69, 9.17) is 25.8 Å². The molecule has 0 aliphatic carbocycles. The third kappa shape index (κ3) is 7.30. The molecule has 1 aliphatic rings. The molecule has 10 nitrogen and oxygen atoms in total. The van der Waals surface area contributed by atoms with Crippen LogP contribution in [0.15, 0.2) is 53.8 Å². The summed E-state index contributed by atoms with van der Waals surface area (Å²) in [6.07, 6.45) is 1.73. The van der Waals surface area contributed by atoms with Crippen molar-refractivity contribution in [2.45, 2.75) is 63.5 Å². The smallest absolute Gasteiger partial charge is 0.410 e. The Balaban J connectivity index is 1.43. The van der Waals surface area contributed by atoms with Crippen molar-refractivity contribution >= 4 is 27.5 Å². The van der Waals surface area contributed by atoms with Gasteiger partial charge in [-0.2, -0.15) is 5.26 Å². The molecule has 42 heavy (non-hydrogen) atoms. The third-order valence-electron chi connectivity index (χ3n) is 6.66. The summed E-state index contributed by atoms with van der Waals surface area (Å²) >= 11 is 6.63. The van der Waals surface area contributed by atoms with Crippen molar-refractivity contribution in [3.05, 3.63) is 76.1 Å². The van der Waals surface area contributed by atoms with Gasteiger partial charge in [0.25, 0.3) is 0 Å². The number of rotatable bonds is 8. The molecule has 1 aromatic heterocycles. The summed E-state index contributed by atoms with van der Waals surface area (Å²) in [6.45, 7) is 10.2. The second-order valence-corrected chi connectivity index (χ2v) is 13.9. The number of hydrogen-bond acceptors (Lipinski definition) is 9. The van der Waals surface area contributed by atoms with E-state index in [-0.39, 0.29) is 17.9 Å². The van der Waals surface area contributed by atoms with E-state index in [2.05, 4.69) is 16.0 Å². The van der Waals surface area contributed by atoms with Crippen molar-refractivity contribution in [3.63, 3.8) is 0 Å². The summed E-state index contributed by atoms with van der Waals surface area (Å²) < 4.78 is 40.6. The van der Waals surface area contributed by atoms with Crippen molar-refractivity contribution in [1.82, 2.24) is 14.9 Å². The normalized spacial score (nSPS) is 14.1. The molecular formula is C30H33ClN4O6S. The molecule has 0 bridgehead atoms. The number of nitriles is 1. The van der Waals surface area contributed by atoms with Crippen LogP contribution < -0.4 is 9.47 Å². The van der Waals surface area contributed by atoms with E-state index in [1.807, 2.05) is 58.9 Å². The first kappa shape index (κ1) is 31.1. The van der Waals surface area contributed by atoms with Gasteiger partial charge in [0, 0.05) is 17.9 Å². The van der Waals surface area contributed by atoms with Gasteiger partial charge in [-0.05, 0) is 62.2 Å². The second kappa shape index (κ2) is 11.8. The summed E-state index contributed by atoms with van der Waals surface area (Å²) in [6, 6.07) is 14.8. The summed E-state index contributed by atoms with van der Waals surface area (Å²) in [5.74, 6) is 0.870. The van der Waals surface area contributed by atoms with Crippen molar-refractivity contribution in [2.24, 2.45) is 0 Å². The van der Waals surface area contributed by atoms with Crippen molar-refractivity contribution in [1.29, 1.82) is 5.26 Å². The van der Waals surface area contributed by atoms with Gasteiger partial charge in [-0.25, -0.2) is 23.2 Å². The molecule has 1 saturated heterocycles. The summed E-state index contributed by atoms with van der Waals surface area (Å²) in [5.41, 5.74) is 1.42. The Morgan fingerprint density at radius 1 is 1.10 bits per heavy atom. The number of aromatic nitrogens is 2. The molecule has 1 amide bonds. The molecule has 4 rings (SSSR count). The predicted octanol–water partition coefficient (Wildman–Crippen LogP) is 5.31. The van der Waals surface area contributed by atoms with Crippen LogP contribution in [0, 0.1) is 11.3 Å². The molecule has 0 atom stereocenters. The number of nitrogens with zero attached hydrogens (tertiary/aromatic N) is 4. The number of hydrogen-bond donors (Lipinski definition) is 0. The summed E-state index contributed by atoms with van der Waals surface area (Å²) in [7, 11) is -3.52. The first-order chi connectivity index (χ1) is 19.6. The molecule has 0 unspecified atom stereocenters. The quantitative estimate of drug-likeness (QED) is 0.310. The van der Waals surface area contributed by atoms with E-state index in [9.17, 15) is 18.5 Å². The van der Waals surface area contributed by atoms with Gasteiger partial charge in [-0.3, -0.25) is 0 Å². The molecule has 0 N–H and O–H groups in total. The molecule has 1 fully saturated rings. The summed E-state index contributed by atoms with van der Waals surface area (Å²) in [5, 5.41) is 9.96. The minimum absolute atomic E-state index is 0.0763. The molecule has 222 valence electrons. The zero-order chi connectivity index (χ0) is 30.9. The molecule has 0 radical (unpaired) electrons. The number of amides is 1. The van der Waals surface area contributed by atoms with Gasteiger partial charge in [-0.15, -0.1) is 0 Å².